The van der Waals surface area contributed by atoms with Gasteiger partial charge in [0.15, 0.2) is 0 Å². The molecule has 1 amide bonds. The number of Topliss-reactive ketones (excluding diaryl/α,β-unsaturated/α-hetero) is 1. The minimum absolute atomic E-state index is 0. The van der Waals surface area contributed by atoms with Crippen molar-refractivity contribution in [3.63, 3.8) is 0 Å². The molecule has 0 bridgehead atoms. The largest absolute Gasteiger partial charge is 0.305 e. The fourth-order valence-electron chi connectivity index (χ4n) is 5.29. The van der Waals surface area contributed by atoms with Crippen LogP contribution in [0.1, 0.15) is 40.9 Å². The molecule has 1 atom stereocenters. The van der Waals surface area contributed by atoms with Gasteiger partial charge in [-0.2, -0.15) is 0 Å². The molecule has 0 N–H and O–H groups in total. The Balaban J connectivity index is 0.00000180. The normalized spacial score (nSPS) is 16.9. The molecule has 0 aromatic heterocycles. The predicted octanol–water partition coefficient (Wildman–Crippen LogP) is 5.25. The second kappa shape index (κ2) is 12.5. The molecule has 0 saturated carbocycles. The van der Waals surface area contributed by atoms with Gasteiger partial charge in [-0.3, -0.25) is 19.4 Å². The summed E-state index contributed by atoms with van der Waals surface area (Å²) in [6, 6.07) is 29.4. The van der Waals surface area contributed by atoms with Crippen LogP contribution < -0.4 is 4.90 Å². The molecule has 3 aromatic rings. The van der Waals surface area contributed by atoms with Crippen LogP contribution in [-0.2, 0) is 4.79 Å². The Morgan fingerprint density at radius 1 is 0.694 bits per heavy atom. The van der Waals surface area contributed by atoms with Crippen molar-refractivity contribution in [2.45, 2.75) is 25.4 Å². The van der Waals surface area contributed by atoms with Gasteiger partial charge in [-0.25, -0.2) is 0 Å². The first-order chi connectivity index (χ1) is 16.6. The monoisotopic (exact) mass is 525 g/mol. The van der Waals surface area contributed by atoms with Crippen LogP contribution in [0.15, 0.2) is 84.9 Å². The molecule has 1 saturated heterocycles. The van der Waals surface area contributed by atoms with Gasteiger partial charge >= 0.3 is 0 Å². The second-order valence-corrected chi connectivity index (χ2v) is 9.24. The number of piperazine rings is 1. The number of rotatable bonds is 7. The molecule has 2 aliphatic heterocycles. The number of ketones is 1. The SMILES string of the molecule is CC(CCN1C(=O)C(=O)c2ccccc21)N1CCN(C(c2ccccc2)c2ccccc2)CC1.Cl.Cl. The van der Waals surface area contributed by atoms with Crippen LogP contribution in [0.25, 0.3) is 0 Å². The van der Waals surface area contributed by atoms with Crippen molar-refractivity contribution < 1.29 is 9.59 Å². The molecule has 0 spiro atoms. The molecular formula is C29H33Cl2N3O2. The molecule has 5 rings (SSSR count). The Bertz CT molecular complexity index is 1110. The summed E-state index contributed by atoms with van der Waals surface area (Å²) in [7, 11) is 0. The van der Waals surface area contributed by atoms with Crippen LogP contribution in [0.4, 0.5) is 5.69 Å². The van der Waals surface area contributed by atoms with Crippen LogP contribution in [0.2, 0.25) is 0 Å². The Morgan fingerprint density at radius 2 is 1.19 bits per heavy atom. The predicted molar refractivity (Wildman–Crippen MR) is 150 cm³/mol. The van der Waals surface area contributed by atoms with Crippen LogP contribution in [-0.4, -0.2) is 60.3 Å². The first kappa shape index (κ1) is 27.9. The number of hydrogen-bond acceptors (Lipinski definition) is 4. The van der Waals surface area contributed by atoms with Crippen LogP contribution >= 0.6 is 24.8 Å². The molecule has 190 valence electrons. The first-order valence-corrected chi connectivity index (χ1v) is 12.2. The fraction of sp³-hybridized carbons (Fsp3) is 0.310. The summed E-state index contributed by atoms with van der Waals surface area (Å²) in [5.74, 6) is -0.781. The third-order valence-corrected chi connectivity index (χ3v) is 7.22. The lowest BCUT2D eigenvalue weighted by atomic mass is 9.96. The average molecular weight is 527 g/mol. The van der Waals surface area contributed by atoms with Crippen molar-refractivity contribution in [1.82, 2.24) is 9.80 Å². The summed E-state index contributed by atoms with van der Waals surface area (Å²) < 4.78 is 0. The number of nitrogens with zero attached hydrogens (tertiary/aromatic N) is 3. The van der Waals surface area contributed by atoms with Crippen LogP contribution in [0.3, 0.4) is 0 Å². The number of carbonyl (C=O) groups excluding carboxylic acids is 2. The van der Waals surface area contributed by atoms with E-state index in [9.17, 15) is 9.59 Å². The van der Waals surface area contributed by atoms with Crippen molar-refractivity contribution in [3.05, 3.63) is 102 Å². The van der Waals surface area contributed by atoms with Crippen LogP contribution in [0.5, 0.6) is 0 Å². The molecule has 0 radical (unpaired) electrons. The zero-order chi connectivity index (χ0) is 23.5. The second-order valence-electron chi connectivity index (χ2n) is 9.24. The minimum atomic E-state index is -0.396. The molecular weight excluding hydrogens is 493 g/mol. The summed E-state index contributed by atoms with van der Waals surface area (Å²) in [6.07, 6.45) is 0.841. The number of anilines is 1. The van der Waals surface area contributed by atoms with Gasteiger partial charge in [0.05, 0.1) is 17.3 Å². The van der Waals surface area contributed by atoms with Crippen molar-refractivity contribution >= 4 is 42.2 Å². The van der Waals surface area contributed by atoms with Crippen molar-refractivity contribution in [2.75, 3.05) is 37.6 Å². The molecule has 7 heteroatoms. The van der Waals surface area contributed by atoms with Gasteiger partial charge in [-0.1, -0.05) is 72.8 Å². The maximum absolute atomic E-state index is 12.5. The smallest absolute Gasteiger partial charge is 0.299 e. The number of fused-ring (bicyclic) bond motifs is 1. The zero-order valence-corrected chi connectivity index (χ0v) is 22.1. The lowest BCUT2D eigenvalue weighted by Gasteiger charge is -2.42. The fourth-order valence-corrected chi connectivity index (χ4v) is 5.29. The van der Waals surface area contributed by atoms with E-state index >= 15 is 0 Å². The maximum Gasteiger partial charge on any atom is 0.299 e. The van der Waals surface area contributed by atoms with E-state index < -0.39 is 5.91 Å². The minimum Gasteiger partial charge on any atom is -0.305 e. The number of hydrogen-bond donors (Lipinski definition) is 0. The van der Waals surface area contributed by atoms with Gasteiger partial charge in [0, 0.05) is 38.8 Å². The van der Waals surface area contributed by atoms with E-state index in [-0.39, 0.29) is 36.6 Å². The van der Waals surface area contributed by atoms with Gasteiger partial charge < -0.3 is 4.90 Å². The molecule has 0 aliphatic carbocycles. The van der Waals surface area contributed by atoms with Gasteiger partial charge in [0.1, 0.15) is 0 Å². The third kappa shape index (κ3) is 5.65. The van der Waals surface area contributed by atoms with Gasteiger partial charge in [0.2, 0.25) is 0 Å². The van der Waals surface area contributed by atoms with E-state index in [2.05, 4.69) is 77.4 Å². The summed E-state index contributed by atoms with van der Waals surface area (Å²) in [4.78, 5) is 31.5. The van der Waals surface area contributed by atoms with Gasteiger partial charge in [-0.05, 0) is 36.6 Å². The Morgan fingerprint density at radius 3 is 1.78 bits per heavy atom. The Hall–Kier alpha value is -2.70. The number of amides is 1. The van der Waals surface area contributed by atoms with Gasteiger partial charge in [0.25, 0.3) is 11.7 Å². The van der Waals surface area contributed by atoms with Crippen molar-refractivity contribution in [1.29, 1.82) is 0 Å². The molecule has 1 unspecified atom stereocenters. The van der Waals surface area contributed by atoms with Crippen molar-refractivity contribution in [3.8, 4) is 0 Å². The van der Waals surface area contributed by atoms with E-state index in [1.165, 1.54) is 11.1 Å². The Labute approximate surface area is 225 Å². The highest BCUT2D eigenvalue weighted by Crippen LogP contribution is 2.31. The number of benzene rings is 3. The summed E-state index contributed by atoms with van der Waals surface area (Å²) in [5.41, 5.74) is 3.93. The zero-order valence-electron chi connectivity index (χ0n) is 20.5. The third-order valence-electron chi connectivity index (χ3n) is 7.22. The number of halogens is 2. The molecule has 1 fully saturated rings. The summed E-state index contributed by atoms with van der Waals surface area (Å²) >= 11 is 0. The number of para-hydroxylation sites is 1. The molecule has 36 heavy (non-hydrogen) atoms. The highest BCUT2D eigenvalue weighted by molar-refractivity contribution is 6.52. The standard InChI is InChI=1S/C29H31N3O2.2ClH/c1-22(16-17-32-26-15-9-8-14-25(26)28(33)29(32)34)30-18-20-31(21-19-30)27(23-10-4-2-5-11-23)24-12-6-3-7-13-24;;/h2-15,22,27H,16-21H2,1H3;2*1H. The summed E-state index contributed by atoms with van der Waals surface area (Å²) in [6.45, 7) is 6.75. The lowest BCUT2D eigenvalue weighted by Crippen LogP contribution is -2.51. The average Bonchev–Trinajstić information content (AvgIpc) is 3.14. The van der Waals surface area contributed by atoms with E-state index in [0.717, 1.165) is 38.3 Å². The summed E-state index contributed by atoms with van der Waals surface area (Å²) in [5, 5.41) is 0. The molecule has 5 nitrogen and oxygen atoms in total. The van der Waals surface area contributed by atoms with E-state index in [1.807, 2.05) is 18.2 Å². The van der Waals surface area contributed by atoms with Gasteiger partial charge in [-0.15, -0.1) is 24.8 Å². The Kier molecular flexibility index (Phi) is 9.69. The van der Waals surface area contributed by atoms with E-state index in [1.54, 1.807) is 11.0 Å². The van der Waals surface area contributed by atoms with Crippen molar-refractivity contribution in [2.24, 2.45) is 0 Å². The molecule has 3 aromatic carbocycles. The lowest BCUT2D eigenvalue weighted by molar-refractivity contribution is -0.114. The molecule has 2 aliphatic rings. The van der Waals surface area contributed by atoms with E-state index in [4.69, 9.17) is 0 Å². The first-order valence-electron chi connectivity index (χ1n) is 12.2. The maximum atomic E-state index is 12.5. The van der Waals surface area contributed by atoms with E-state index in [0.29, 0.717) is 18.2 Å². The number of carbonyl (C=O) groups is 2. The topological polar surface area (TPSA) is 43.9 Å². The highest BCUT2D eigenvalue weighted by Gasteiger charge is 2.35. The van der Waals surface area contributed by atoms with Crippen LogP contribution in [0, 0.1) is 0 Å². The quantitative estimate of drug-likeness (QED) is 0.395. The molecule has 2 heterocycles. The highest BCUT2D eigenvalue weighted by atomic mass is 35.5.